The number of aromatic hydroxyl groups is 1. The van der Waals surface area contributed by atoms with Crippen LogP contribution in [0.5, 0.6) is 17.2 Å². The Balaban J connectivity index is 1.94. The lowest BCUT2D eigenvalue weighted by Crippen LogP contribution is -2.10. The summed E-state index contributed by atoms with van der Waals surface area (Å²) in [5.41, 5.74) is 1.25. The first-order valence-electron chi connectivity index (χ1n) is 10.3. The maximum atomic E-state index is 12.7. The predicted octanol–water partition coefficient (Wildman–Crippen LogP) is 6.29. The standard InChI is InChI=1S/C25H28O4/c1-3-5-6-10-15-28-23-17-22(25(27)29-19-11-8-7-9-12-19)24(26)20-14-13-18(4-2)16-21(20)23/h7-9,11-14,16-17,26H,3-6,10,15H2,1-2H3. The van der Waals surface area contributed by atoms with Crippen LogP contribution in [0.25, 0.3) is 10.8 Å². The number of unbranched alkanes of at least 4 members (excludes halogenated alkanes) is 3. The molecule has 1 N–H and O–H groups in total. The van der Waals surface area contributed by atoms with Crippen molar-refractivity contribution in [2.45, 2.75) is 46.0 Å². The fourth-order valence-corrected chi connectivity index (χ4v) is 3.28. The third kappa shape index (κ3) is 5.08. The van der Waals surface area contributed by atoms with Crippen molar-refractivity contribution < 1.29 is 19.4 Å². The van der Waals surface area contributed by atoms with E-state index in [2.05, 4.69) is 13.8 Å². The SMILES string of the molecule is CCCCCCOc1cc(C(=O)Oc2ccccc2)c(O)c2ccc(CC)cc12. The second kappa shape index (κ2) is 9.97. The normalized spacial score (nSPS) is 10.8. The average molecular weight is 392 g/mol. The van der Waals surface area contributed by atoms with Crippen molar-refractivity contribution in [3.63, 3.8) is 0 Å². The fourth-order valence-electron chi connectivity index (χ4n) is 3.28. The van der Waals surface area contributed by atoms with Gasteiger partial charge in [0.2, 0.25) is 0 Å². The quantitative estimate of drug-likeness (QED) is 0.264. The Bertz CT molecular complexity index is 963. The van der Waals surface area contributed by atoms with Crippen LogP contribution in [0.2, 0.25) is 0 Å². The molecule has 0 unspecified atom stereocenters. The van der Waals surface area contributed by atoms with Gasteiger partial charge in [-0.05, 0) is 42.7 Å². The molecule has 0 radical (unpaired) electrons. The van der Waals surface area contributed by atoms with Crippen LogP contribution >= 0.6 is 0 Å². The highest BCUT2D eigenvalue weighted by Gasteiger charge is 2.20. The number of rotatable bonds is 9. The summed E-state index contributed by atoms with van der Waals surface area (Å²) >= 11 is 0. The van der Waals surface area contributed by atoms with Gasteiger partial charge in [0.15, 0.2) is 0 Å². The Kier molecular flexibility index (Phi) is 7.12. The van der Waals surface area contributed by atoms with Gasteiger partial charge in [0.05, 0.1) is 6.61 Å². The van der Waals surface area contributed by atoms with Crippen LogP contribution in [0.15, 0.2) is 54.6 Å². The van der Waals surface area contributed by atoms with Gasteiger partial charge in [-0.25, -0.2) is 4.79 Å². The van der Waals surface area contributed by atoms with E-state index in [-0.39, 0.29) is 11.3 Å². The lowest BCUT2D eigenvalue weighted by atomic mass is 10.0. The molecule has 0 spiro atoms. The van der Waals surface area contributed by atoms with E-state index >= 15 is 0 Å². The summed E-state index contributed by atoms with van der Waals surface area (Å²) in [6.45, 7) is 4.83. The summed E-state index contributed by atoms with van der Waals surface area (Å²) in [7, 11) is 0. The molecule has 4 nitrogen and oxygen atoms in total. The molecule has 29 heavy (non-hydrogen) atoms. The summed E-state index contributed by atoms with van der Waals surface area (Å²) in [4.78, 5) is 12.7. The Labute approximate surface area is 172 Å². The molecule has 0 atom stereocenters. The molecule has 0 saturated carbocycles. The molecule has 4 heteroatoms. The van der Waals surface area contributed by atoms with E-state index in [1.807, 2.05) is 24.3 Å². The molecule has 3 rings (SSSR count). The van der Waals surface area contributed by atoms with Gasteiger partial charge in [0.1, 0.15) is 22.8 Å². The molecule has 0 bridgehead atoms. The van der Waals surface area contributed by atoms with Crippen LogP contribution in [-0.2, 0) is 6.42 Å². The highest BCUT2D eigenvalue weighted by molar-refractivity contribution is 6.04. The zero-order valence-corrected chi connectivity index (χ0v) is 17.1. The van der Waals surface area contributed by atoms with Crippen molar-refractivity contribution in [1.82, 2.24) is 0 Å². The van der Waals surface area contributed by atoms with Gasteiger partial charge in [-0.2, -0.15) is 0 Å². The first-order chi connectivity index (χ1) is 14.1. The number of esters is 1. The number of fused-ring (bicyclic) bond motifs is 1. The van der Waals surface area contributed by atoms with Gasteiger partial charge in [-0.15, -0.1) is 0 Å². The Hall–Kier alpha value is -3.01. The Morgan fingerprint density at radius 1 is 0.931 bits per heavy atom. The highest BCUT2D eigenvalue weighted by atomic mass is 16.5. The van der Waals surface area contributed by atoms with Crippen LogP contribution in [0, 0.1) is 0 Å². The van der Waals surface area contributed by atoms with Gasteiger partial charge < -0.3 is 14.6 Å². The highest BCUT2D eigenvalue weighted by Crippen LogP contribution is 2.37. The number of hydrogen-bond acceptors (Lipinski definition) is 4. The number of ether oxygens (including phenoxy) is 2. The zero-order chi connectivity index (χ0) is 20.6. The van der Waals surface area contributed by atoms with E-state index in [1.54, 1.807) is 30.3 Å². The maximum Gasteiger partial charge on any atom is 0.347 e. The van der Waals surface area contributed by atoms with E-state index in [9.17, 15) is 9.90 Å². The summed E-state index contributed by atoms with van der Waals surface area (Å²) in [6.07, 6.45) is 5.28. The molecule has 3 aromatic carbocycles. The van der Waals surface area contributed by atoms with Gasteiger partial charge in [0.25, 0.3) is 0 Å². The van der Waals surface area contributed by atoms with Crippen LogP contribution < -0.4 is 9.47 Å². The first-order valence-corrected chi connectivity index (χ1v) is 10.3. The first kappa shape index (κ1) is 20.7. The lowest BCUT2D eigenvalue weighted by Gasteiger charge is -2.15. The largest absolute Gasteiger partial charge is 0.506 e. The van der Waals surface area contributed by atoms with Crippen molar-refractivity contribution in [3.8, 4) is 17.2 Å². The monoisotopic (exact) mass is 392 g/mol. The number of aryl methyl sites for hydroxylation is 1. The van der Waals surface area contributed by atoms with Gasteiger partial charge >= 0.3 is 5.97 Å². The number of phenolic OH excluding ortho intramolecular Hbond substituents is 1. The fraction of sp³-hybridized carbons (Fsp3) is 0.320. The second-order valence-corrected chi connectivity index (χ2v) is 7.12. The second-order valence-electron chi connectivity index (χ2n) is 7.12. The van der Waals surface area contributed by atoms with Crippen LogP contribution in [-0.4, -0.2) is 17.7 Å². The van der Waals surface area contributed by atoms with Crippen molar-refractivity contribution in [2.24, 2.45) is 0 Å². The lowest BCUT2D eigenvalue weighted by molar-refractivity contribution is 0.0731. The third-order valence-corrected chi connectivity index (χ3v) is 4.97. The van der Waals surface area contributed by atoms with E-state index in [4.69, 9.17) is 9.47 Å². The van der Waals surface area contributed by atoms with Gasteiger partial charge in [-0.1, -0.05) is 63.4 Å². The molecule has 0 heterocycles. The minimum absolute atomic E-state index is 0.0816. The predicted molar refractivity (Wildman–Crippen MR) is 116 cm³/mol. The van der Waals surface area contributed by atoms with Crippen molar-refractivity contribution in [3.05, 3.63) is 65.7 Å². The summed E-state index contributed by atoms with van der Waals surface area (Å²) in [5, 5.41) is 12.2. The molecule has 0 aliphatic heterocycles. The number of carbonyl (C=O) groups excluding carboxylic acids is 1. The topological polar surface area (TPSA) is 55.8 Å². The summed E-state index contributed by atoms with van der Waals surface area (Å²) < 4.78 is 11.5. The number of benzene rings is 3. The Morgan fingerprint density at radius 2 is 1.72 bits per heavy atom. The molecule has 0 fully saturated rings. The molecular weight excluding hydrogens is 364 g/mol. The smallest absolute Gasteiger partial charge is 0.347 e. The minimum Gasteiger partial charge on any atom is -0.506 e. The third-order valence-electron chi connectivity index (χ3n) is 4.97. The van der Waals surface area contributed by atoms with E-state index in [0.717, 1.165) is 36.6 Å². The number of para-hydroxylation sites is 1. The molecule has 0 saturated heterocycles. The molecule has 0 aliphatic rings. The minimum atomic E-state index is -0.606. The summed E-state index contributed by atoms with van der Waals surface area (Å²) in [5.74, 6) is 0.345. The number of carbonyl (C=O) groups is 1. The van der Waals surface area contributed by atoms with E-state index in [0.29, 0.717) is 23.5 Å². The molecule has 0 aromatic heterocycles. The summed E-state index contributed by atoms with van der Waals surface area (Å²) in [6, 6.07) is 16.3. The number of hydrogen-bond donors (Lipinski definition) is 1. The molecule has 152 valence electrons. The maximum absolute atomic E-state index is 12.7. The average Bonchev–Trinajstić information content (AvgIpc) is 2.75. The molecular formula is C25H28O4. The zero-order valence-electron chi connectivity index (χ0n) is 17.1. The molecule has 0 amide bonds. The van der Waals surface area contributed by atoms with Crippen molar-refractivity contribution in [2.75, 3.05) is 6.61 Å². The van der Waals surface area contributed by atoms with Crippen LogP contribution in [0.3, 0.4) is 0 Å². The molecule has 0 aliphatic carbocycles. The van der Waals surface area contributed by atoms with E-state index in [1.165, 1.54) is 6.42 Å². The van der Waals surface area contributed by atoms with Gasteiger partial charge in [0, 0.05) is 10.8 Å². The number of phenols is 1. The van der Waals surface area contributed by atoms with Crippen LogP contribution in [0.4, 0.5) is 0 Å². The van der Waals surface area contributed by atoms with Crippen LogP contribution in [0.1, 0.15) is 55.5 Å². The molecule has 3 aromatic rings. The van der Waals surface area contributed by atoms with E-state index < -0.39 is 5.97 Å². The Morgan fingerprint density at radius 3 is 2.45 bits per heavy atom. The van der Waals surface area contributed by atoms with Crippen molar-refractivity contribution in [1.29, 1.82) is 0 Å². The van der Waals surface area contributed by atoms with Gasteiger partial charge in [-0.3, -0.25) is 0 Å². The van der Waals surface area contributed by atoms with Crippen molar-refractivity contribution >= 4 is 16.7 Å².